The Morgan fingerprint density at radius 2 is 1.79 bits per heavy atom. The van der Waals surface area contributed by atoms with Gasteiger partial charge in [-0.3, -0.25) is 14.4 Å². The highest BCUT2D eigenvalue weighted by atomic mass is 16.5. The highest BCUT2D eigenvalue weighted by molar-refractivity contribution is 5.97. The molecular weight excluding hydrogens is 360 g/mol. The van der Waals surface area contributed by atoms with Gasteiger partial charge in [0.05, 0.1) is 6.61 Å². The number of carboxylic acids is 1. The average Bonchev–Trinajstić information content (AvgIpc) is 2.66. The Bertz CT molecular complexity index is 679. The fourth-order valence-corrected chi connectivity index (χ4v) is 3.41. The minimum Gasteiger partial charge on any atom is -0.494 e. The molecule has 1 aromatic rings. The Morgan fingerprint density at radius 1 is 1.18 bits per heavy atom. The smallest absolute Gasteiger partial charge is 0.303 e. The monoisotopic (exact) mass is 390 g/mol. The quantitative estimate of drug-likeness (QED) is 0.711. The number of amides is 2. The average molecular weight is 390 g/mol. The van der Waals surface area contributed by atoms with E-state index in [1.165, 1.54) is 0 Å². The molecule has 1 aromatic carbocycles. The summed E-state index contributed by atoms with van der Waals surface area (Å²) in [5.41, 5.74) is 0.474. The number of hydrogen-bond donors (Lipinski definition) is 2. The lowest BCUT2D eigenvalue weighted by Crippen LogP contribution is -2.53. The van der Waals surface area contributed by atoms with Gasteiger partial charge in [-0.25, -0.2) is 0 Å². The number of nitrogens with one attached hydrogen (secondary N) is 1. The number of nitrogens with zero attached hydrogens (tertiary/aromatic N) is 1. The molecule has 1 unspecified atom stereocenters. The van der Waals surface area contributed by atoms with Crippen LogP contribution < -0.4 is 10.1 Å². The normalized spacial score (nSPS) is 15.9. The topological polar surface area (TPSA) is 95.9 Å². The van der Waals surface area contributed by atoms with Crippen LogP contribution in [0.3, 0.4) is 0 Å². The van der Waals surface area contributed by atoms with Crippen LogP contribution in [-0.4, -0.2) is 53.5 Å². The van der Waals surface area contributed by atoms with Crippen LogP contribution in [0.1, 0.15) is 50.4 Å². The molecule has 1 aliphatic heterocycles. The maximum Gasteiger partial charge on any atom is 0.303 e. The number of carbonyl (C=O) groups excluding carboxylic acids is 2. The highest BCUT2D eigenvalue weighted by Gasteiger charge is 2.31. The van der Waals surface area contributed by atoms with Gasteiger partial charge in [-0.05, 0) is 55.9 Å². The van der Waals surface area contributed by atoms with E-state index in [4.69, 9.17) is 9.84 Å². The van der Waals surface area contributed by atoms with Crippen LogP contribution >= 0.6 is 0 Å². The second-order valence-electron chi connectivity index (χ2n) is 7.52. The summed E-state index contributed by atoms with van der Waals surface area (Å²) in [4.78, 5) is 38.1. The molecule has 1 aliphatic rings. The van der Waals surface area contributed by atoms with Crippen molar-refractivity contribution in [2.24, 2.45) is 11.8 Å². The van der Waals surface area contributed by atoms with Gasteiger partial charge in [0.2, 0.25) is 5.91 Å². The van der Waals surface area contributed by atoms with Gasteiger partial charge in [0.25, 0.3) is 5.91 Å². The standard InChI is InChI=1S/C21H30N2O5/c1-4-28-17-7-5-16(6-8-17)20(26)22-19(14(2)3)21(27)23-11-9-15(10-12-23)13-18(24)25/h5-8,14-15,19H,4,9-13H2,1-3H3,(H,22,26)(H,24,25). The molecule has 7 nitrogen and oxygen atoms in total. The molecule has 7 heteroatoms. The molecule has 0 bridgehead atoms. The predicted molar refractivity (Wildman–Crippen MR) is 105 cm³/mol. The van der Waals surface area contributed by atoms with Gasteiger partial charge in [-0.15, -0.1) is 0 Å². The van der Waals surface area contributed by atoms with Gasteiger partial charge in [-0.2, -0.15) is 0 Å². The largest absolute Gasteiger partial charge is 0.494 e. The third kappa shape index (κ3) is 5.97. The summed E-state index contributed by atoms with van der Waals surface area (Å²) < 4.78 is 5.38. The summed E-state index contributed by atoms with van der Waals surface area (Å²) in [7, 11) is 0. The minimum absolute atomic E-state index is 0.0594. The van der Waals surface area contributed by atoms with Crippen molar-refractivity contribution in [1.82, 2.24) is 10.2 Å². The summed E-state index contributed by atoms with van der Waals surface area (Å²) in [6.45, 7) is 7.30. The second-order valence-corrected chi connectivity index (χ2v) is 7.52. The first-order valence-electron chi connectivity index (χ1n) is 9.86. The SMILES string of the molecule is CCOc1ccc(C(=O)NC(C(=O)N2CCC(CC(=O)O)CC2)C(C)C)cc1. The fourth-order valence-electron chi connectivity index (χ4n) is 3.41. The number of likely N-dealkylation sites (tertiary alicyclic amines) is 1. The number of carbonyl (C=O) groups is 3. The number of benzene rings is 1. The number of piperidine rings is 1. The molecule has 1 saturated heterocycles. The molecule has 28 heavy (non-hydrogen) atoms. The molecule has 0 radical (unpaired) electrons. The van der Waals surface area contributed by atoms with Crippen molar-refractivity contribution in [2.45, 2.75) is 46.1 Å². The zero-order chi connectivity index (χ0) is 20.7. The van der Waals surface area contributed by atoms with Crippen LogP contribution in [0.25, 0.3) is 0 Å². The van der Waals surface area contributed by atoms with E-state index in [0.29, 0.717) is 43.9 Å². The molecule has 0 saturated carbocycles. The van der Waals surface area contributed by atoms with E-state index in [9.17, 15) is 14.4 Å². The Balaban J connectivity index is 1.97. The first kappa shape index (κ1) is 21.7. The van der Waals surface area contributed by atoms with Crippen molar-refractivity contribution in [2.75, 3.05) is 19.7 Å². The van der Waals surface area contributed by atoms with Crippen molar-refractivity contribution in [3.8, 4) is 5.75 Å². The van der Waals surface area contributed by atoms with Gasteiger partial charge in [0, 0.05) is 25.1 Å². The summed E-state index contributed by atoms with van der Waals surface area (Å²) in [5.74, 6) is -0.459. The Kier molecular flexibility index (Phi) is 7.84. The van der Waals surface area contributed by atoms with Gasteiger partial charge >= 0.3 is 5.97 Å². The van der Waals surface area contributed by atoms with Crippen LogP contribution in [-0.2, 0) is 9.59 Å². The molecule has 1 heterocycles. The summed E-state index contributed by atoms with van der Waals surface area (Å²) in [6.07, 6.45) is 1.50. The lowest BCUT2D eigenvalue weighted by molar-refractivity contribution is -0.139. The first-order valence-corrected chi connectivity index (χ1v) is 9.86. The summed E-state index contributed by atoms with van der Waals surface area (Å²) in [6, 6.07) is 6.21. The maximum atomic E-state index is 12.9. The first-order chi connectivity index (χ1) is 13.3. The summed E-state index contributed by atoms with van der Waals surface area (Å²) >= 11 is 0. The molecular formula is C21H30N2O5. The van der Waals surface area contributed by atoms with E-state index in [-0.39, 0.29) is 30.1 Å². The third-order valence-electron chi connectivity index (χ3n) is 5.04. The van der Waals surface area contributed by atoms with Crippen LogP contribution in [0.15, 0.2) is 24.3 Å². The van der Waals surface area contributed by atoms with Crippen LogP contribution in [0.5, 0.6) is 5.75 Å². The maximum absolute atomic E-state index is 12.9. The molecule has 0 spiro atoms. The number of aliphatic carboxylic acids is 1. The molecule has 0 aliphatic carbocycles. The van der Waals surface area contributed by atoms with E-state index in [0.717, 1.165) is 0 Å². The van der Waals surface area contributed by atoms with Crippen molar-refractivity contribution < 1.29 is 24.2 Å². The molecule has 1 atom stereocenters. The van der Waals surface area contributed by atoms with Crippen LogP contribution in [0.4, 0.5) is 0 Å². The third-order valence-corrected chi connectivity index (χ3v) is 5.04. The lowest BCUT2D eigenvalue weighted by atomic mass is 9.92. The molecule has 2 rings (SSSR count). The fraction of sp³-hybridized carbons (Fsp3) is 0.571. The van der Waals surface area contributed by atoms with Crippen molar-refractivity contribution >= 4 is 17.8 Å². The molecule has 2 N–H and O–H groups in total. The highest BCUT2D eigenvalue weighted by Crippen LogP contribution is 2.22. The van der Waals surface area contributed by atoms with Gasteiger partial charge in [-0.1, -0.05) is 13.8 Å². The van der Waals surface area contributed by atoms with Gasteiger partial charge < -0.3 is 20.1 Å². The van der Waals surface area contributed by atoms with Gasteiger partial charge in [0.15, 0.2) is 0 Å². The van der Waals surface area contributed by atoms with E-state index < -0.39 is 12.0 Å². The Labute approximate surface area is 166 Å². The lowest BCUT2D eigenvalue weighted by Gasteiger charge is -2.35. The van der Waals surface area contributed by atoms with Gasteiger partial charge in [0.1, 0.15) is 11.8 Å². The van der Waals surface area contributed by atoms with Crippen molar-refractivity contribution in [3.63, 3.8) is 0 Å². The van der Waals surface area contributed by atoms with Crippen LogP contribution in [0.2, 0.25) is 0 Å². The zero-order valence-corrected chi connectivity index (χ0v) is 16.8. The number of hydrogen-bond acceptors (Lipinski definition) is 4. The molecule has 2 amide bonds. The minimum atomic E-state index is -0.799. The van der Waals surface area contributed by atoms with E-state index in [1.54, 1.807) is 29.2 Å². The van der Waals surface area contributed by atoms with E-state index >= 15 is 0 Å². The summed E-state index contributed by atoms with van der Waals surface area (Å²) in [5, 5.41) is 11.8. The van der Waals surface area contributed by atoms with Crippen molar-refractivity contribution in [3.05, 3.63) is 29.8 Å². The van der Waals surface area contributed by atoms with Crippen LogP contribution in [0, 0.1) is 11.8 Å². The van der Waals surface area contributed by atoms with Crippen molar-refractivity contribution in [1.29, 1.82) is 0 Å². The Morgan fingerprint density at radius 3 is 2.29 bits per heavy atom. The molecule has 1 fully saturated rings. The van der Waals surface area contributed by atoms with E-state index in [2.05, 4.69) is 5.32 Å². The molecule has 0 aromatic heterocycles. The second kappa shape index (κ2) is 10.1. The number of ether oxygens (including phenoxy) is 1. The Hall–Kier alpha value is -2.57. The molecule has 154 valence electrons. The number of carboxylic acid groups (broad SMARTS) is 1. The van der Waals surface area contributed by atoms with E-state index in [1.807, 2.05) is 20.8 Å². The number of rotatable bonds is 8. The predicted octanol–water partition coefficient (Wildman–Crippen LogP) is 2.55. The zero-order valence-electron chi connectivity index (χ0n) is 16.8.